The van der Waals surface area contributed by atoms with Crippen LogP contribution >= 0.6 is 27.3 Å². The molecule has 0 saturated heterocycles. The summed E-state index contributed by atoms with van der Waals surface area (Å²) in [6, 6.07) is 2.80. The standard InChI is InChI=1S/C10H16BrNS/c1-4-5-8(12-3)9-6-7(2)10(11)13-9/h6,8,12H,4-5H2,1-3H3. The van der Waals surface area contributed by atoms with Crippen LogP contribution in [0.1, 0.15) is 36.2 Å². The van der Waals surface area contributed by atoms with Crippen LogP contribution in [0.25, 0.3) is 0 Å². The van der Waals surface area contributed by atoms with Crippen molar-refractivity contribution < 1.29 is 0 Å². The van der Waals surface area contributed by atoms with Crippen LogP contribution in [0.5, 0.6) is 0 Å². The number of rotatable bonds is 4. The molecule has 74 valence electrons. The molecule has 0 saturated carbocycles. The molecule has 1 atom stereocenters. The number of nitrogens with one attached hydrogen (secondary N) is 1. The van der Waals surface area contributed by atoms with Gasteiger partial charge in [-0.1, -0.05) is 13.3 Å². The Hall–Kier alpha value is 0.140. The molecule has 0 aliphatic carbocycles. The van der Waals surface area contributed by atoms with Crippen LogP contribution < -0.4 is 5.32 Å². The first-order valence-corrected chi connectivity index (χ1v) is 6.23. The number of aryl methyl sites for hydroxylation is 1. The molecule has 1 N–H and O–H groups in total. The van der Waals surface area contributed by atoms with Gasteiger partial charge in [0.1, 0.15) is 0 Å². The van der Waals surface area contributed by atoms with E-state index in [1.807, 2.05) is 18.4 Å². The summed E-state index contributed by atoms with van der Waals surface area (Å²) in [6.45, 7) is 4.36. The molecule has 0 aliphatic heterocycles. The van der Waals surface area contributed by atoms with Crippen LogP contribution in [0.4, 0.5) is 0 Å². The Morgan fingerprint density at radius 2 is 2.31 bits per heavy atom. The molecule has 0 radical (unpaired) electrons. The predicted octanol–water partition coefficient (Wildman–Crippen LogP) is 3.88. The lowest BCUT2D eigenvalue weighted by Gasteiger charge is -2.12. The van der Waals surface area contributed by atoms with E-state index in [2.05, 4.69) is 41.2 Å². The van der Waals surface area contributed by atoms with Crippen molar-refractivity contribution in [2.45, 2.75) is 32.7 Å². The molecule has 0 aromatic carbocycles. The highest BCUT2D eigenvalue weighted by Gasteiger charge is 2.11. The quantitative estimate of drug-likeness (QED) is 0.868. The zero-order valence-corrected chi connectivity index (χ0v) is 10.8. The highest BCUT2D eigenvalue weighted by molar-refractivity contribution is 9.11. The molecule has 3 heteroatoms. The first-order valence-electron chi connectivity index (χ1n) is 4.62. The zero-order valence-electron chi connectivity index (χ0n) is 8.36. The van der Waals surface area contributed by atoms with Gasteiger partial charge in [0.2, 0.25) is 0 Å². The summed E-state index contributed by atoms with van der Waals surface area (Å²) in [7, 11) is 2.03. The molecule has 13 heavy (non-hydrogen) atoms. The number of hydrogen-bond acceptors (Lipinski definition) is 2. The minimum atomic E-state index is 0.528. The lowest BCUT2D eigenvalue weighted by atomic mass is 10.1. The van der Waals surface area contributed by atoms with Crippen molar-refractivity contribution in [1.82, 2.24) is 5.32 Å². The highest BCUT2D eigenvalue weighted by atomic mass is 79.9. The van der Waals surface area contributed by atoms with Crippen molar-refractivity contribution in [1.29, 1.82) is 0 Å². The van der Waals surface area contributed by atoms with Gasteiger partial charge in [0.05, 0.1) is 3.79 Å². The molecule has 0 spiro atoms. The Morgan fingerprint density at radius 1 is 1.62 bits per heavy atom. The molecule has 1 aromatic heterocycles. The molecule has 1 nitrogen and oxygen atoms in total. The summed E-state index contributed by atoms with van der Waals surface area (Å²) in [5.74, 6) is 0. The maximum absolute atomic E-state index is 3.56. The van der Waals surface area contributed by atoms with E-state index in [9.17, 15) is 0 Å². The molecule has 0 aliphatic rings. The second-order valence-corrected chi connectivity index (χ2v) is 5.64. The number of halogens is 1. The summed E-state index contributed by atoms with van der Waals surface area (Å²) >= 11 is 5.40. The third-order valence-corrected chi connectivity index (χ3v) is 4.40. The normalized spacial score (nSPS) is 13.2. The van der Waals surface area contributed by atoms with Gasteiger partial charge in [-0.05, 0) is 48.0 Å². The van der Waals surface area contributed by atoms with Gasteiger partial charge in [0.15, 0.2) is 0 Å². The summed E-state index contributed by atoms with van der Waals surface area (Å²) in [5.41, 5.74) is 1.34. The summed E-state index contributed by atoms with van der Waals surface area (Å²) in [5, 5.41) is 3.35. The van der Waals surface area contributed by atoms with Gasteiger partial charge >= 0.3 is 0 Å². The van der Waals surface area contributed by atoms with Crippen molar-refractivity contribution >= 4 is 27.3 Å². The smallest absolute Gasteiger partial charge is 0.0731 e. The van der Waals surface area contributed by atoms with Gasteiger partial charge in [0, 0.05) is 10.9 Å². The monoisotopic (exact) mass is 261 g/mol. The average molecular weight is 262 g/mol. The molecule has 1 aromatic rings. The van der Waals surface area contributed by atoms with Crippen LogP contribution in [0, 0.1) is 6.92 Å². The van der Waals surface area contributed by atoms with Crippen LogP contribution in [-0.2, 0) is 0 Å². The minimum Gasteiger partial charge on any atom is -0.312 e. The fourth-order valence-corrected chi connectivity index (χ4v) is 3.09. The van der Waals surface area contributed by atoms with Gasteiger partial charge in [-0.25, -0.2) is 0 Å². The van der Waals surface area contributed by atoms with E-state index in [0.717, 1.165) is 0 Å². The van der Waals surface area contributed by atoms with Crippen molar-refractivity contribution in [3.8, 4) is 0 Å². The molecular formula is C10H16BrNS. The van der Waals surface area contributed by atoms with E-state index in [1.165, 1.54) is 27.1 Å². The third-order valence-electron chi connectivity index (χ3n) is 2.15. The minimum absolute atomic E-state index is 0.528. The van der Waals surface area contributed by atoms with Gasteiger partial charge < -0.3 is 5.32 Å². The highest BCUT2D eigenvalue weighted by Crippen LogP contribution is 2.32. The molecule has 1 heterocycles. The van der Waals surface area contributed by atoms with E-state index in [1.54, 1.807) is 0 Å². The SMILES string of the molecule is CCCC(NC)c1cc(C)c(Br)s1. The number of hydrogen-bond donors (Lipinski definition) is 1. The van der Waals surface area contributed by atoms with E-state index in [4.69, 9.17) is 0 Å². The molecule has 1 unspecified atom stereocenters. The van der Waals surface area contributed by atoms with Crippen molar-refractivity contribution in [3.63, 3.8) is 0 Å². The van der Waals surface area contributed by atoms with E-state index < -0.39 is 0 Å². The molecule has 0 amide bonds. The Morgan fingerprint density at radius 3 is 2.69 bits per heavy atom. The van der Waals surface area contributed by atoms with Gasteiger partial charge in [0.25, 0.3) is 0 Å². The fourth-order valence-electron chi connectivity index (χ4n) is 1.37. The fraction of sp³-hybridized carbons (Fsp3) is 0.600. The second kappa shape index (κ2) is 5.13. The van der Waals surface area contributed by atoms with Crippen LogP contribution in [0.3, 0.4) is 0 Å². The van der Waals surface area contributed by atoms with E-state index in [0.29, 0.717) is 6.04 Å². The topological polar surface area (TPSA) is 12.0 Å². The van der Waals surface area contributed by atoms with Crippen molar-refractivity contribution in [3.05, 3.63) is 20.3 Å². The van der Waals surface area contributed by atoms with Crippen molar-refractivity contribution in [2.24, 2.45) is 0 Å². The first-order chi connectivity index (χ1) is 6.19. The Kier molecular flexibility index (Phi) is 4.42. The first kappa shape index (κ1) is 11.2. The van der Waals surface area contributed by atoms with Crippen LogP contribution in [0.2, 0.25) is 0 Å². The molecule has 0 bridgehead atoms. The summed E-state index contributed by atoms with van der Waals surface area (Å²) in [6.07, 6.45) is 2.43. The van der Waals surface area contributed by atoms with Gasteiger partial charge in [-0.2, -0.15) is 0 Å². The summed E-state index contributed by atoms with van der Waals surface area (Å²) < 4.78 is 1.26. The maximum Gasteiger partial charge on any atom is 0.0731 e. The van der Waals surface area contributed by atoms with Crippen LogP contribution in [-0.4, -0.2) is 7.05 Å². The lowest BCUT2D eigenvalue weighted by molar-refractivity contribution is 0.550. The third kappa shape index (κ3) is 2.79. The Bertz CT molecular complexity index is 250. The maximum atomic E-state index is 3.56. The summed E-state index contributed by atoms with van der Waals surface area (Å²) in [4.78, 5) is 1.44. The zero-order chi connectivity index (χ0) is 9.84. The Labute approximate surface area is 92.7 Å². The largest absolute Gasteiger partial charge is 0.312 e. The second-order valence-electron chi connectivity index (χ2n) is 3.24. The van der Waals surface area contributed by atoms with E-state index >= 15 is 0 Å². The van der Waals surface area contributed by atoms with Crippen LogP contribution in [0.15, 0.2) is 9.85 Å². The lowest BCUT2D eigenvalue weighted by Crippen LogP contribution is -2.14. The van der Waals surface area contributed by atoms with Crippen molar-refractivity contribution in [2.75, 3.05) is 7.05 Å². The van der Waals surface area contributed by atoms with Gasteiger partial charge in [-0.15, -0.1) is 11.3 Å². The number of thiophene rings is 1. The molecule has 0 fully saturated rings. The average Bonchev–Trinajstić information content (AvgIpc) is 2.43. The molecule has 1 rings (SSSR count). The molecular weight excluding hydrogens is 246 g/mol. The van der Waals surface area contributed by atoms with Gasteiger partial charge in [-0.3, -0.25) is 0 Å². The van der Waals surface area contributed by atoms with E-state index in [-0.39, 0.29) is 0 Å². The Balaban J connectivity index is 2.78. The predicted molar refractivity (Wildman–Crippen MR) is 63.5 cm³/mol.